The summed E-state index contributed by atoms with van der Waals surface area (Å²) in [7, 11) is 0. The van der Waals surface area contributed by atoms with E-state index in [1.54, 1.807) is 0 Å². The molecule has 6 heteroatoms. The lowest BCUT2D eigenvalue weighted by Crippen LogP contribution is -2.51. The van der Waals surface area contributed by atoms with E-state index < -0.39 is 11.5 Å². The highest BCUT2D eigenvalue weighted by atomic mass is 16.4. The molecule has 2 aliphatic rings. The van der Waals surface area contributed by atoms with E-state index >= 15 is 0 Å². The highest BCUT2D eigenvalue weighted by Crippen LogP contribution is 2.48. The van der Waals surface area contributed by atoms with Crippen LogP contribution in [0.25, 0.3) is 0 Å². The first kappa shape index (κ1) is 23.0. The average molecular weight is 449 g/mol. The predicted molar refractivity (Wildman–Crippen MR) is 127 cm³/mol. The van der Waals surface area contributed by atoms with Crippen molar-refractivity contribution in [3.05, 3.63) is 65.7 Å². The van der Waals surface area contributed by atoms with Crippen LogP contribution in [0, 0.1) is 11.8 Å². The number of nitrogens with one attached hydrogen (secondary N) is 2. The number of amides is 2. The zero-order valence-corrected chi connectivity index (χ0v) is 19.2. The number of hydrogen-bond acceptors (Lipinski definition) is 3. The van der Waals surface area contributed by atoms with Gasteiger partial charge >= 0.3 is 5.97 Å². The molecule has 0 unspecified atom stereocenters. The van der Waals surface area contributed by atoms with Gasteiger partial charge in [0.05, 0.1) is 0 Å². The number of aliphatic carboxylic acids is 1. The molecule has 0 spiro atoms. The van der Waals surface area contributed by atoms with Crippen LogP contribution in [-0.2, 0) is 14.4 Å². The van der Waals surface area contributed by atoms with Crippen LogP contribution in [0.15, 0.2) is 54.6 Å². The van der Waals surface area contributed by atoms with E-state index in [4.69, 9.17) is 0 Å². The van der Waals surface area contributed by atoms with Gasteiger partial charge in [-0.25, -0.2) is 4.79 Å². The third kappa shape index (κ3) is 5.44. The monoisotopic (exact) mass is 448 g/mol. The van der Waals surface area contributed by atoms with Gasteiger partial charge in [-0.3, -0.25) is 9.59 Å². The molecule has 2 aromatic carbocycles. The molecule has 2 aromatic rings. The maximum Gasteiger partial charge on any atom is 0.328 e. The summed E-state index contributed by atoms with van der Waals surface area (Å²) in [6, 6.07) is 18.2. The molecule has 6 nitrogen and oxygen atoms in total. The number of carboxylic acids is 1. The molecule has 0 aromatic heterocycles. The Labute approximate surface area is 194 Å². The van der Waals surface area contributed by atoms with Crippen LogP contribution < -0.4 is 10.6 Å². The molecule has 0 aliphatic heterocycles. The van der Waals surface area contributed by atoms with E-state index in [1.807, 2.05) is 30.3 Å². The van der Waals surface area contributed by atoms with Crippen LogP contribution in [0.1, 0.15) is 68.9 Å². The van der Waals surface area contributed by atoms with E-state index in [1.165, 1.54) is 25.0 Å². The summed E-state index contributed by atoms with van der Waals surface area (Å²) in [5.41, 5.74) is 2.00. The summed E-state index contributed by atoms with van der Waals surface area (Å²) in [5.74, 6) is -0.542. The molecule has 2 aliphatic carbocycles. The van der Waals surface area contributed by atoms with E-state index in [0.717, 1.165) is 37.8 Å². The summed E-state index contributed by atoms with van der Waals surface area (Å²) in [6.07, 6.45) is 4.16. The van der Waals surface area contributed by atoms with Gasteiger partial charge in [0.15, 0.2) is 0 Å². The molecule has 2 atom stereocenters. The molecule has 0 bridgehead atoms. The Hall–Kier alpha value is -3.15. The number of anilines is 1. The van der Waals surface area contributed by atoms with E-state index in [-0.39, 0.29) is 23.7 Å². The number of carbonyl (C=O) groups is 3. The van der Waals surface area contributed by atoms with E-state index in [2.05, 4.69) is 34.9 Å². The smallest absolute Gasteiger partial charge is 0.328 e. The second kappa shape index (κ2) is 9.38. The molecule has 0 saturated heterocycles. The minimum atomic E-state index is -1.25. The summed E-state index contributed by atoms with van der Waals surface area (Å²) in [4.78, 5) is 36.3. The second-order valence-corrected chi connectivity index (χ2v) is 9.94. The Kier molecular flexibility index (Phi) is 6.54. The Morgan fingerprint density at radius 3 is 2.09 bits per heavy atom. The number of hydrogen-bond donors (Lipinski definition) is 3. The quantitative estimate of drug-likeness (QED) is 0.573. The van der Waals surface area contributed by atoms with Crippen LogP contribution in [0.5, 0.6) is 0 Å². The zero-order chi connectivity index (χ0) is 23.6. The molecule has 3 N–H and O–H groups in total. The van der Waals surface area contributed by atoms with Gasteiger partial charge in [0.25, 0.3) is 0 Å². The predicted octanol–water partition coefficient (Wildman–Crippen LogP) is 4.68. The van der Waals surface area contributed by atoms with Crippen molar-refractivity contribution in [2.24, 2.45) is 11.8 Å². The Balaban J connectivity index is 1.26. The molecule has 2 saturated carbocycles. The molecule has 4 rings (SSSR count). The fourth-order valence-corrected chi connectivity index (χ4v) is 4.78. The lowest BCUT2D eigenvalue weighted by Gasteiger charge is -2.30. The van der Waals surface area contributed by atoms with E-state index in [9.17, 15) is 19.5 Å². The topological polar surface area (TPSA) is 95.5 Å². The van der Waals surface area contributed by atoms with Crippen molar-refractivity contribution in [2.75, 3.05) is 5.32 Å². The third-order valence-corrected chi connectivity index (χ3v) is 7.07. The van der Waals surface area contributed by atoms with Crippen molar-refractivity contribution in [1.82, 2.24) is 5.32 Å². The first-order valence-electron chi connectivity index (χ1n) is 11.8. The standard InChI is InChI=1S/C27H32N2O4/c1-27(2,26(32)33)29-24(30)20-10-8-17(9-11-20)18-12-14-21(15-13-18)28-25(31)23-16-22(23)19-6-4-3-5-7-19/h3-7,12-15,17,20,22-23H,8-11,16H2,1-2H3,(H,28,31)(H,29,30)(H,32,33)/t17?,20?,22-,23+/m0/s1. The van der Waals surface area contributed by atoms with Crippen molar-refractivity contribution in [3.63, 3.8) is 0 Å². The number of rotatable bonds is 7. The molecule has 2 amide bonds. The van der Waals surface area contributed by atoms with Crippen LogP contribution in [0.4, 0.5) is 5.69 Å². The summed E-state index contributed by atoms with van der Waals surface area (Å²) in [5, 5.41) is 14.9. The molecule has 0 radical (unpaired) electrons. The molecule has 0 heterocycles. The van der Waals surface area contributed by atoms with Crippen LogP contribution >= 0.6 is 0 Å². The fraction of sp³-hybridized carbons (Fsp3) is 0.444. The highest BCUT2D eigenvalue weighted by Gasteiger charge is 2.43. The summed E-state index contributed by atoms with van der Waals surface area (Å²) in [6.45, 7) is 3.01. The number of benzene rings is 2. The minimum absolute atomic E-state index is 0.0413. The lowest BCUT2D eigenvalue weighted by molar-refractivity contribution is -0.146. The molecule has 33 heavy (non-hydrogen) atoms. The van der Waals surface area contributed by atoms with Gasteiger partial charge in [0.2, 0.25) is 11.8 Å². The van der Waals surface area contributed by atoms with Gasteiger partial charge in [-0.1, -0.05) is 42.5 Å². The van der Waals surface area contributed by atoms with Gasteiger partial charge in [0, 0.05) is 17.5 Å². The highest BCUT2D eigenvalue weighted by molar-refractivity contribution is 5.95. The van der Waals surface area contributed by atoms with Crippen molar-refractivity contribution < 1.29 is 19.5 Å². The van der Waals surface area contributed by atoms with E-state index in [0.29, 0.717) is 11.8 Å². The first-order valence-corrected chi connectivity index (χ1v) is 11.8. The zero-order valence-electron chi connectivity index (χ0n) is 19.2. The largest absolute Gasteiger partial charge is 0.480 e. The fourth-order valence-electron chi connectivity index (χ4n) is 4.78. The SMILES string of the molecule is CC(C)(NC(=O)C1CCC(c2ccc(NC(=O)[C@@H]3C[C@H]3c3ccccc3)cc2)CC1)C(=O)O. The minimum Gasteiger partial charge on any atom is -0.480 e. The van der Waals surface area contributed by atoms with Gasteiger partial charge in [0.1, 0.15) is 5.54 Å². The van der Waals surface area contributed by atoms with Gasteiger partial charge in [-0.05, 0) is 81.0 Å². The molecular formula is C27H32N2O4. The normalized spacial score (nSPS) is 24.5. The van der Waals surface area contributed by atoms with Gasteiger partial charge < -0.3 is 15.7 Å². The van der Waals surface area contributed by atoms with Crippen LogP contribution in [0.2, 0.25) is 0 Å². The summed E-state index contributed by atoms with van der Waals surface area (Å²) < 4.78 is 0. The first-order chi connectivity index (χ1) is 15.7. The van der Waals surface area contributed by atoms with Crippen molar-refractivity contribution in [3.8, 4) is 0 Å². The third-order valence-electron chi connectivity index (χ3n) is 7.07. The molecular weight excluding hydrogens is 416 g/mol. The van der Waals surface area contributed by atoms with Crippen molar-refractivity contribution >= 4 is 23.5 Å². The Morgan fingerprint density at radius 1 is 0.848 bits per heavy atom. The van der Waals surface area contributed by atoms with Gasteiger partial charge in [-0.15, -0.1) is 0 Å². The molecule has 2 fully saturated rings. The number of carbonyl (C=O) groups excluding carboxylic acids is 2. The molecule has 174 valence electrons. The Morgan fingerprint density at radius 2 is 1.48 bits per heavy atom. The lowest BCUT2D eigenvalue weighted by atomic mass is 9.78. The Bertz CT molecular complexity index is 1010. The number of carboxylic acid groups (broad SMARTS) is 1. The van der Waals surface area contributed by atoms with Crippen molar-refractivity contribution in [2.45, 2.75) is 63.3 Å². The average Bonchev–Trinajstić information content (AvgIpc) is 3.61. The maximum atomic E-state index is 12.6. The second-order valence-electron chi connectivity index (χ2n) is 9.94. The van der Waals surface area contributed by atoms with Crippen LogP contribution in [-0.4, -0.2) is 28.4 Å². The maximum absolute atomic E-state index is 12.6. The van der Waals surface area contributed by atoms with Crippen LogP contribution in [0.3, 0.4) is 0 Å². The summed E-state index contributed by atoms with van der Waals surface area (Å²) >= 11 is 0. The van der Waals surface area contributed by atoms with Crippen molar-refractivity contribution in [1.29, 1.82) is 0 Å². The van der Waals surface area contributed by atoms with Gasteiger partial charge in [-0.2, -0.15) is 0 Å².